The Morgan fingerprint density at radius 2 is 1.55 bits per heavy atom. The first-order valence-corrected chi connectivity index (χ1v) is 31.6. The Morgan fingerprint density at radius 3 is 2.33 bits per heavy atom. The van der Waals surface area contributed by atoms with Gasteiger partial charge < -0.3 is 48.7 Å². The summed E-state index contributed by atoms with van der Waals surface area (Å²) in [4.78, 5) is 47.5. The minimum Gasteiger partial charge on any atom is -0.489 e. The van der Waals surface area contributed by atoms with Crippen molar-refractivity contribution in [2.75, 3.05) is 107 Å². The van der Waals surface area contributed by atoms with E-state index in [-0.39, 0.29) is 47.0 Å². The van der Waals surface area contributed by atoms with Crippen LogP contribution >= 0.6 is 0 Å². The van der Waals surface area contributed by atoms with E-state index >= 15 is 0 Å². The lowest BCUT2D eigenvalue weighted by molar-refractivity contribution is -0.384. The number of aryl methyl sites for hydroxylation is 1. The first-order chi connectivity index (χ1) is 39.9. The third-order valence-corrected chi connectivity index (χ3v) is 21.5. The molecule has 1 amide bonds. The summed E-state index contributed by atoms with van der Waals surface area (Å²) in [5.74, 6) is -0.306. The molecule has 20 nitrogen and oxygen atoms in total. The minimum absolute atomic E-state index is 0.0347. The number of hydrogen-bond acceptors (Lipinski definition) is 17. The molecule has 5 aromatic rings. The van der Waals surface area contributed by atoms with Crippen LogP contribution in [0, 0.1) is 28.4 Å². The van der Waals surface area contributed by atoms with Crippen LogP contribution in [0.5, 0.6) is 11.6 Å². The highest BCUT2D eigenvalue weighted by atomic mass is 32.2. The Morgan fingerprint density at radius 1 is 0.793 bits per heavy atom. The van der Waals surface area contributed by atoms with Gasteiger partial charge in [-0.25, -0.2) is 13.1 Å². The van der Waals surface area contributed by atoms with E-state index in [0.29, 0.717) is 79.9 Å². The molecule has 21 heteroatoms. The Labute approximate surface area is 479 Å². The lowest BCUT2D eigenvalue weighted by Gasteiger charge is -2.59. The zero-order valence-corrected chi connectivity index (χ0v) is 47.7. The molecule has 0 unspecified atom stereocenters. The van der Waals surface area contributed by atoms with Gasteiger partial charge in [-0.2, -0.15) is 4.98 Å². The Hall–Kier alpha value is -6.07. The first kappa shape index (κ1) is 53.9. The maximum absolute atomic E-state index is 14.9. The predicted molar refractivity (Wildman–Crippen MR) is 310 cm³/mol. The lowest BCUT2D eigenvalue weighted by Crippen LogP contribution is -2.61. The molecule has 1 spiro atoms. The molecule has 9 aliphatic rings. The number of benzene rings is 3. The van der Waals surface area contributed by atoms with Gasteiger partial charge in [-0.1, -0.05) is 24.3 Å². The maximum atomic E-state index is 14.9. The number of piperidine rings is 2. The fourth-order valence-corrected chi connectivity index (χ4v) is 16.5. The molecule has 10 heterocycles. The molecule has 8 aliphatic heterocycles. The van der Waals surface area contributed by atoms with Gasteiger partial charge in [-0.3, -0.25) is 24.7 Å². The molecule has 436 valence electrons. The standard InChI is InChI=1S/C61H76N10O10S/c1-39-4-2-3-5-47(39)54-36-68(42-9-19-66(20-10-42)43-13-27-78-28-14-43)23-24-69(54)45-34-61(35-45)16-21-67(22-17-61)44-6-7-48(51(31-44)70-50-15-29-79-38-56(50)81-60-53(70)30-41-8-18-62-58(41)64-60)59(72)65-82(75,76)46-32-52(71(73)74)57-55(33-46)80-37-49(63-57)40-11-25-77-26-12-40/h2-8,18,30-33,40,42-43,45,49-50,54,56,63H,9-17,19-29,34-38H2,1H3,(H,62,64)(H,65,72)/t49-,50-,54-,56-/m0/s1. The zero-order chi connectivity index (χ0) is 55.7. The largest absolute Gasteiger partial charge is 0.489 e. The van der Waals surface area contributed by atoms with E-state index < -0.39 is 37.5 Å². The number of carbonyl (C=O) groups is 1. The Kier molecular flexibility index (Phi) is 14.6. The highest BCUT2D eigenvalue weighted by Gasteiger charge is 2.51. The number of carbonyl (C=O) groups excluding carboxylic acids is 1. The van der Waals surface area contributed by atoms with Gasteiger partial charge in [0.2, 0.25) is 5.88 Å². The van der Waals surface area contributed by atoms with Crippen molar-refractivity contribution in [3.8, 4) is 11.6 Å². The molecular formula is C61H76N10O10S. The molecule has 7 fully saturated rings. The quantitative estimate of drug-likeness (QED) is 0.0847. The van der Waals surface area contributed by atoms with Crippen molar-refractivity contribution < 1.29 is 41.8 Å². The lowest BCUT2D eigenvalue weighted by atomic mass is 9.59. The number of anilines is 4. The number of fused-ring (bicyclic) bond motifs is 4. The predicted octanol–water partition coefficient (Wildman–Crippen LogP) is 7.94. The van der Waals surface area contributed by atoms with Crippen molar-refractivity contribution in [1.29, 1.82) is 0 Å². The van der Waals surface area contributed by atoms with Gasteiger partial charge in [0.05, 0.1) is 39.8 Å². The summed E-state index contributed by atoms with van der Waals surface area (Å²) in [5, 5.41) is 16.7. The van der Waals surface area contributed by atoms with Gasteiger partial charge in [-0.05, 0) is 143 Å². The number of piperazine rings is 1. The maximum Gasteiger partial charge on any atom is 0.297 e. The fourth-order valence-electron chi connectivity index (χ4n) is 15.5. The highest BCUT2D eigenvalue weighted by Crippen LogP contribution is 2.54. The van der Waals surface area contributed by atoms with Gasteiger partial charge in [-0.15, -0.1) is 0 Å². The number of nitrogens with zero attached hydrogens (tertiary/aromatic N) is 7. The molecule has 2 aromatic heterocycles. The summed E-state index contributed by atoms with van der Waals surface area (Å²) in [6.07, 6.45) is 12.7. The molecule has 1 saturated carbocycles. The van der Waals surface area contributed by atoms with E-state index in [4.69, 9.17) is 28.7 Å². The minimum atomic E-state index is -4.70. The summed E-state index contributed by atoms with van der Waals surface area (Å²) in [5.41, 5.74) is 5.58. The number of likely N-dealkylation sites (tertiary alicyclic amines) is 1. The number of sulfonamides is 1. The van der Waals surface area contributed by atoms with Crippen LogP contribution in [-0.4, -0.2) is 172 Å². The molecule has 1 aliphatic carbocycles. The van der Waals surface area contributed by atoms with Crippen LogP contribution < -0.4 is 29.3 Å². The normalized spacial score (nSPS) is 26.2. The average Bonchev–Trinajstić information content (AvgIpc) is 3.29. The van der Waals surface area contributed by atoms with E-state index in [1.807, 2.05) is 30.5 Å². The monoisotopic (exact) mass is 1140 g/mol. The van der Waals surface area contributed by atoms with E-state index in [1.165, 1.54) is 56.0 Å². The smallest absolute Gasteiger partial charge is 0.297 e. The van der Waals surface area contributed by atoms with Crippen molar-refractivity contribution in [2.45, 2.75) is 125 Å². The summed E-state index contributed by atoms with van der Waals surface area (Å²) in [6.45, 7) is 13.5. The van der Waals surface area contributed by atoms with E-state index in [1.54, 1.807) is 6.07 Å². The number of aromatic amines is 1. The van der Waals surface area contributed by atoms with Crippen LogP contribution in [0.2, 0.25) is 0 Å². The number of H-pyrrole nitrogens is 1. The van der Waals surface area contributed by atoms with Crippen LogP contribution in [0.1, 0.15) is 98.2 Å². The van der Waals surface area contributed by atoms with Crippen LogP contribution in [0.3, 0.4) is 0 Å². The second-order valence-electron chi connectivity index (χ2n) is 24.7. The Balaban J connectivity index is 0.714. The van der Waals surface area contributed by atoms with E-state index in [9.17, 15) is 23.3 Å². The van der Waals surface area contributed by atoms with Crippen molar-refractivity contribution >= 4 is 55.4 Å². The number of ether oxygens (including phenoxy) is 5. The molecule has 14 rings (SSSR count). The van der Waals surface area contributed by atoms with Crippen molar-refractivity contribution in [3.63, 3.8) is 0 Å². The summed E-state index contributed by atoms with van der Waals surface area (Å²) >= 11 is 0. The number of rotatable bonds is 11. The number of nitro benzene ring substituents is 1. The average molecular weight is 1140 g/mol. The van der Waals surface area contributed by atoms with Crippen LogP contribution in [0.25, 0.3) is 11.0 Å². The van der Waals surface area contributed by atoms with E-state index in [0.717, 1.165) is 102 Å². The van der Waals surface area contributed by atoms with Crippen molar-refractivity contribution in [1.82, 2.24) is 29.4 Å². The fraction of sp³-hybridized carbons (Fsp3) is 0.574. The third-order valence-electron chi connectivity index (χ3n) is 20.2. The molecule has 3 N–H and O–H groups in total. The molecule has 0 bridgehead atoms. The van der Waals surface area contributed by atoms with Gasteiger partial charge in [0.1, 0.15) is 24.0 Å². The van der Waals surface area contributed by atoms with Gasteiger partial charge in [0.25, 0.3) is 21.6 Å². The summed E-state index contributed by atoms with van der Waals surface area (Å²) < 4.78 is 61.1. The highest BCUT2D eigenvalue weighted by molar-refractivity contribution is 7.90. The van der Waals surface area contributed by atoms with E-state index in [2.05, 4.69) is 70.7 Å². The number of aromatic nitrogens is 2. The SMILES string of the molecule is Cc1ccccc1[C@@H]1CN(C2CCN(C3CCOCC3)CC2)CCN1C1CC2(CCN(c3ccc(C(=O)NS(=O)(=O)c4cc5c(c([N+](=O)[O-])c4)N[C@H](C4CCOCC4)CO5)c(N4c5cc6cc[nH]c6nc5O[C@H]5COCC[C@@H]54)c3)CC2)C1. The zero-order valence-electron chi connectivity index (χ0n) is 46.8. The van der Waals surface area contributed by atoms with Crippen LogP contribution in [0.4, 0.5) is 28.4 Å². The topological polar surface area (TPSA) is 209 Å². The molecule has 4 atom stereocenters. The van der Waals surface area contributed by atoms with Crippen LogP contribution in [0.15, 0.2) is 77.8 Å². The number of hydrogen-bond donors (Lipinski definition) is 3. The Bertz CT molecular complexity index is 3310. The van der Waals surface area contributed by atoms with Gasteiger partial charge in [0, 0.05) is 119 Å². The van der Waals surface area contributed by atoms with Gasteiger partial charge >= 0.3 is 0 Å². The second kappa shape index (κ2) is 22.2. The molecule has 3 aromatic carbocycles. The first-order valence-electron chi connectivity index (χ1n) is 30.1. The number of amides is 1. The van der Waals surface area contributed by atoms with Gasteiger partial charge in [0.15, 0.2) is 11.4 Å². The second-order valence-corrected chi connectivity index (χ2v) is 26.4. The molecule has 82 heavy (non-hydrogen) atoms. The summed E-state index contributed by atoms with van der Waals surface area (Å²) in [7, 11) is -4.70. The third kappa shape index (κ3) is 10.2. The van der Waals surface area contributed by atoms with Crippen molar-refractivity contribution in [3.05, 3.63) is 99.7 Å². The molecule has 0 radical (unpaired) electrons. The summed E-state index contributed by atoms with van der Waals surface area (Å²) in [6, 6.07) is 22.5. The number of nitro groups is 1. The van der Waals surface area contributed by atoms with Crippen LogP contribution in [-0.2, 0) is 24.2 Å². The number of pyridine rings is 1. The number of nitrogens with one attached hydrogen (secondary N) is 3. The molecule has 6 saturated heterocycles. The van der Waals surface area contributed by atoms with Crippen molar-refractivity contribution in [2.24, 2.45) is 11.3 Å². The molecular weight excluding hydrogens is 1060 g/mol.